The van der Waals surface area contributed by atoms with Crippen LogP contribution in [0.3, 0.4) is 0 Å². The van der Waals surface area contributed by atoms with Gasteiger partial charge in [0, 0.05) is 26.2 Å². The van der Waals surface area contributed by atoms with Crippen LogP contribution in [-0.4, -0.2) is 41.7 Å². The lowest BCUT2D eigenvalue weighted by molar-refractivity contribution is 0.181. The first kappa shape index (κ1) is 11.5. The Labute approximate surface area is 94.7 Å². The molecule has 1 unspecified atom stereocenters. The van der Waals surface area contributed by atoms with Gasteiger partial charge in [-0.25, -0.2) is 0 Å². The van der Waals surface area contributed by atoms with E-state index in [2.05, 4.69) is 14.8 Å². The predicted octanol–water partition coefficient (Wildman–Crippen LogP) is -0.113. The highest BCUT2D eigenvalue weighted by atomic mass is 16.5. The molecule has 0 saturated carbocycles. The Morgan fingerprint density at radius 2 is 2.44 bits per heavy atom. The van der Waals surface area contributed by atoms with Gasteiger partial charge in [-0.3, -0.25) is 0 Å². The van der Waals surface area contributed by atoms with Crippen molar-refractivity contribution in [1.29, 1.82) is 0 Å². The molecule has 1 aliphatic heterocycles. The van der Waals surface area contributed by atoms with Crippen molar-refractivity contribution in [3.63, 3.8) is 0 Å². The Morgan fingerprint density at radius 3 is 3.06 bits per heavy atom. The van der Waals surface area contributed by atoms with Crippen LogP contribution in [0.15, 0.2) is 0 Å². The maximum Gasteiger partial charge on any atom is 0.146 e. The molecular weight excluding hydrogens is 208 g/mol. The summed E-state index contributed by atoms with van der Waals surface area (Å²) in [5.41, 5.74) is 5.64. The zero-order valence-corrected chi connectivity index (χ0v) is 9.56. The van der Waals surface area contributed by atoms with Crippen LogP contribution in [0.1, 0.15) is 24.0 Å². The van der Waals surface area contributed by atoms with Crippen LogP contribution in [0.4, 0.5) is 0 Å². The van der Waals surface area contributed by atoms with Gasteiger partial charge in [-0.1, -0.05) is 0 Å². The van der Waals surface area contributed by atoms with Gasteiger partial charge >= 0.3 is 0 Å². The van der Waals surface area contributed by atoms with E-state index in [0.29, 0.717) is 19.1 Å². The van der Waals surface area contributed by atoms with E-state index in [-0.39, 0.29) is 0 Å². The van der Waals surface area contributed by atoms with Gasteiger partial charge in [-0.15, -0.1) is 10.2 Å². The third kappa shape index (κ3) is 2.23. The summed E-state index contributed by atoms with van der Waals surface area (Å²) in [4.78, 5) is 0. The number of nitrogens with zero attached hydrogens (tertiary/aromatic N) is 3. The molecule has 1 aromatic heterocycles. The molecule has 2 heterocycles. The Kier molecular flexibility index (Phi) is 3.87. The van der Waals surface area contributed by atoms with Crippen molar-refractivity contribution in [2.24, 2.45) is 5.73 Å². The smallest absolute Gasteiger partial charge is 0.146 e. The standard InChI is InChI=1S/C10H18N4O2/c1-15-5-3-14-9(6-11)12-13-10(14)8-2-4-16-7-8/h8H,2-7,11H2,1H3. The summed E-state index contributed by atoms with van der Waals surface area (Å²) in [7, 11) is 1.69. The van der Waals surface area contributed by atoms with Gasteiger partial charge in [-0.05, 0) is 6.42 Å². The maximum absolute atomic E-state index is 5.64. The van der Waals surface area contributed by atoms with Gasteiger partial charge in [-0.2, -0.15) is 0 Å². The number of hydrogen-bond acceptors (Lipinski definition) is 5. The molecule has 16 heavy (non-hydrogen) atoms. The number of aromatic nitrogens is 3. The van der Waals surface area contributed by atoms with Crippen molar-refractivity contribution in [2.45, 2.75) is 25.4 Å². The Balaban J connectivity index is 2.18. The molecule has 1 aliphatic rings. The molecule has 6 heteroatoms. The van der Waals surface area contributed by atoms with Gasteiger partial charge < -0.3 is 19.8 Å². The number of nitrogens with two attached hydrogens (primary N) is 1. The van der Waals surface area contributed by atoms with Gasteiger partial charge in [0.05, 0.1) is 19.8 Å². The van der Waals surface area contributed by atoms with Crippen molar-refractivity contribution in [3.8, 4) is 0 Å². The Bertz CT molecular complexity index is 334. The lowest BCUT2D eigenvalue weighted by Gasteiger charge is -2.11. The van der Waals surface area contributed by atoms with E-state index in [9.17, 15) is 0 Å². The SMILES string of the molecule is COCCn1c(CN)nnc1C1CCOC1. The zero-order valence-electron chi connectivity index (χ0n) is 9.56. The van der Waals surface area contributed by atoms with Gasteiger partial charge in [0.15, 0.2) is 0 Å². The van der Waals surface area contributed by atoms with Gasteiger partial charge in [0.2, 0.25) is 0 Å². The minimum atomic E-state index is 0.352. The molecule has 6 nitrogen and oxygen atoms in total. The molecule has 0 radical (unpaired) electrons. The van der Waals surface area contributed by atoms with Crippen molar-refractivity contribution < 1.29 is 9.47 Å². The first-order chi connectivity index (χ1) is 7.86. The van der Waals surface area contributed by atoms with Gasteiger partial charge in [0.1, 0.15) is 11.6 Å². The summed E-state index contributed by atoms with van der Waals surface area (Å²) in [6, 6.07) is 0. The van der Waals surface area contributed by atoms with E-state index >= 15 is 0 Å². The Morgan fingerprint density at radius 1 is 1.56 bits per heavy atom. The monoisotopic (exact) mass is 226 g/mol. The maximum atomic E-state index is 5.64. The molecule has 2 rings (SSSR count). The van der Waals surface area contributed by atoms with E-state index in [1.54, 1.807) is 7.11 Å². The lowest BCUT2D eigenvalue weighted by atomic mass is 10.1. The average molecular weight is 226 g/mol. The van der Waals surface area contributed by atoms with Gasteiger partial charge in [0.25, 0.3) is 0 Å². The fraction of sp³-hybridized carbons (Fsp3) is 0.800. The third-order valence-corrected chi connectivity index (χ3v) is 2.85. The fourth-order valence-corrected chi connectivity index (χ4v) is 1.97. The average Bonchev–Trinajstić information content (AvgIpc) is 2.94. The van der Waals surface area contributed by atoms with E-state index in [4.69, 9.17) is 15.2 Å². The minimum absolute atomic E-state index is 0.352. The largest absolute Gasteiger partial charge is 0.383 e. The minimum Gasteiger partial charge on any atom is -0.383 e. The molecule has 0 bridgehead atoms. The molecule has 0 amide bonds. The molecule has 1 aromatic rings. The van der Waals surface area contributed by atoms with E-state index in [1.807, 2.05) is 0 Å². The molecular formula is C10H18N4O2. The molecule has 90 valence electrons. The number of hydrogen-bond donors (Lipinski definition) is 1. The molecule has 1 fully saturated rings. The molecule has 2 N–H and O–H groups in total. The normalized spacial score (nSPS) is 20.5. The van der Waals surface area contributed by atoms with Crippen LogP contribution in [0.25, 0.3) is 0 Å². The van der Waals surface area contributed by atoms with E-state index < -0.39 is 0 Å². The lowest BCUT2D eigenvalue weighted by Crippen LogP contribution is -2.16. The van der Waals surface area contributed by atoms with Crippen LogP contribution in [0, 0.1) is 0 Å². The van der Waals surface area contributed by atoms with Crippen molar-refractivity contribution in [2.75, 3.05) is 26.9 Å². The Hall–Kier alpha value is -0.980. The molecule has 1 atom stereocenters. The van der Waals surface area contributed by atoms with E-state index in [1.165, 1.54) is 0 Å². The second-order valence-corrected chi connectivity index (χ2v) is 3.88. The highest BCUT2D eigenvalue weighted by Crippen LogP contribution is 2.24. The molecule has 0 aliphatic carbocycles. The quantitative estimate of drug-likeness (QED) is 0.758. The second kappa shape index (κ2) is 5.38. The van der Waals surface area contributed by atoms with Crippen molar-refractivity contribution >= 4 is 0 Å². The van der Waals surface area contributed by atoms with Crippen molar-refractivity contribution in [1.82, 2.24) is 14.8 Å². The third-order valence-electron chi connectivity index (χ3n) is 2.85. The molecule has 1 saturated heterocycles. The highest BCUT2D eigenvalue weighted by Gasteiger charge is 2.24. The number of ether oxygens (including phenoxy) is 2. The highest BCUT2D eigenvalue weighted by molar-refractivity contribution is 5.03. The summed E-state index contributed by atoms with van der Waals surface area (Å²) in [5.74, 6) is 2.15. The topological polar surface area (TPSA) is 75.2 Å². The summed E-state index contributed by atoms with van der Waals surface area (Å²) < 4.78 is 12.5. The van der Waals surface area contributed by atoms with Crippen LogP contribution >= 0.6 is 0 Å². The summed E-state index contributed by atoms with van der Waals surface area (Å²) >= 11 is 0. The van der Waals surface area contributed by atoms with E-state index in [0.717, 1.165) is 37.8 Å². The van der Waals surface area contributed by atoms with Crippen LogP contribution in [0.2, 0.25) is 0 Å². The van der Waals surface area contributed by atoms with Crippen LogP contribution in [-0.2, 0) is 22.6 Å². The number of rotatable bonds is 5. The molecule has 0 spiro atoms. The zero-order chi connectivity index (χ0) is 11.4. The predicted molar refractivity (Wildman–Crippen MR) is 58.0 cm³/mol. The molecule has 0 aromatic carbocycles. The fourth-order valence-electron chi connectivity index (χ4n) is 1.97. The first-order valence-electron chi connectivity index (χ1n) is 5.55. The van der Waals surface area contributed by atoms with Crippen LogP contribution in [0.5, 0.6) is 0 Å². The number of methoxy groups -OCH3 is 1. The first-order valence-corrected chi connectivity index (χ1v) is 5.55. The summed E-state index contributed by atoms with van der Waals surface area (Å²) in [6.45, 7) is 3.34. The summed E-state index contributed by atoms with van der Waals surface area (Å²) in [5, 5.41) is 8.33. The van der Waals surface area contributed by atoms with Crippen molar-refractivity contribution in [3.05, 3.63) is 11.6 Å². The van der Waals surface area contributed by atoms with Crippen LogP contribution < -0.4 is 5.73 Å². The summed E-state index contributed by atoms with van der Waals surface area (Å²) in [6.07, 6.45) is 1.01. The second-order valence-electron chi connectivity index (χ2n) is 3.88.